The summed E-state index contributed by atoms with van der Waals surface area (Å²) in [5.41, 5.74) is 3.38. The molecule has 2 heterocycles. The van der Waals surface area contributed by atoms with Gasteiger partial charge in [0.1, 0.15) is 0 Å². The molecule has 1 atom stereocenters. The second-order valence-electron chi connectivity index (χ2n) is 7.22. The Morgan fingerprint density at radius 3 is 2.42 bits per heavy atom. The summed E-state index contributed by atoms with van der Waals surface area (Å²) >= 11 is 1.71. The zero-order chi connectivity index (χ0) is 22.4. The number of imidazole rings is 1. The summed E-state index contributed by atoms with van der Waals surface area (Å²) in [6.45, 7) is 5.75. The van der Waals surface area contributed by atoms with Crippen molar-refractivity contribution in [2.75, 3.05) is 19.5 Å². The van der Waals surface area contributed by atoms with Gasteiger partial charge in [-0.2, -0.15) is 0 Å². The molecule has 0 radical (unpaired) electrons. The predicted molar refractivity (Wildman–Crippen MR) is 120 cm³/mol. The van der Waals surface area contributed by atoms with Gasteiger partial charge in [-0.3, -0.25) is 0 Å². The van der Waals surface area contributed by atoms with Crippen molar-refractivity contribution in [3.05, 3.63) is 65.5 Å². The summed E-state index contributed by atoms with van der Waals surface area (Å²) in [6.07, 6.45) is 6.15. The third-order valence-electron chi connectivity index (χ3n) is 5.10. The number of allylic oxidation sites excluding steroid dienone is 2. The van der Waals surface area contributed by atoms with E-state index in [1.807, 2.05) is 36.7 Å². The number of ether oxygens (including phenoxy) is 2. The van der Waals surface area contributed by atoms with Crippen molar-refractivity contribution in [2.24, 2.45) is 5.92 Å². The number of aromatic nitrogens is 2. The van der Waals surface area contributed by atoms with Crippen LogP contribution in [-0.4, -0.2) is 41.0 Å². The molecule has 0 fully saturated rings. The van der Waals surface area contributed by atoms with Crippen molar-refractivity contribution in [2.45, 2.75) is 32.1 Å². The molecular weight excluding hydrogens is 414 g/mol. The van der Waals surface area contributed by atoms with E-state index < -0.39 is 11.9 Å². The Hall–Kier alpha value is -3.00. The smallest absolute Gasteiger partial charge is 0.336 e. The van der Waals surface area contributed by atoms with E-state index in [9.17, 15) is 9.59 Å². The normalized spacial score (nSPS) is 16.2. The van der Waals surface area contributed by atoms with Crippen molar-refractivity contribution >= 4 is 23.7 Å². The van der Waals surface area contributed by atoms with Crippen LogP contribution in [0.4, 0.5) is 0 Å². The first-order chi connectivity index (χ1) is 14.9. The van der Waals surface area contributed by atoms with Crippen molar-refractivity contribution in [3.8, 4) is 5.69 Å². The van der Waals surface area contributed by atoms with Crippen LogP contribution in [0.3, 0.4) is 0 Å². The first-order valence-electron chi connectivity index (χ1n) is 10.1. The number of carbonyl (C=O) groups is 2. The highest BCUT2D eigenvalue weighted by Crippen LogP contribution is 2.30. The SMILES string of the molecule is COC(=O)C1=C(C)NC(C)=C(C(=O)OCCCSc2ccc(-n3ccnc3)cc2)C1C. The van der Waals surface area contributed by atoms with Gasteiger partial charge in [0, 0.05) is 46.0 Å². The quantitative estimate of drug-likeness (QED) is 0.378. The number of carbonyl (C=O) groups excluding carboxylic acids is 2. The van der Waals surface area contributed by atoms with Gasteiger partial charge in [-0.25, -0.2) is 14.6 Å². The summed E-state index contributed by atoms with van der Waals surface area (Å²) in [4.78, 5) is 29.9. The summed E-state index contributed by atoms with van der Waals surface area (Å²) in [5.74, 6) is -0.396. The van der Waals surface area contributed by atoms with E-state index in [0.717, 1.165) is 22.8 Å². The van der Waals surface area contributed by atoms with Gasteiger partial charge in [-0.1, -0.05) is 6.92 Å². The zero-order valence-corrected chi connectivity index (χ0v) is 19.0. The molecule has 1 aliphatic heterocycles. The van der Waals surface area contributed by atoms with Crippen molar-refractivity contribution < 1.29 is 19.1 Å². The van der Waals surface area contributed by atoms with Crippen LogP contribution in [0.2, 0.25) is 0 Å². The highest BCUT2D eigenvalue weighted by Gasteiger charge is 2.33. The van der Waals surface area contributed by atoms with Gasteiger partial charge in [0.15, 0.2) is 0 Å². The first-order valence-corrected chi connectivity index (χ1v) is 11.1. The standard InChI is InChI=1S/C23H27N3O4S/c1-15-20(22(27)29-4)16(2)25-17(3)21(15)23(28)30-12-5-13-31-19-8-6-18(7-9-19)26-11-10-24-14-26/h6-11,14-15,25H,5,12-13H2,1-4H3. The highest BCUT2D eigenvalue weighted by atomic mass is 32.2. The molecule has 0 amide bonds. The number of dihydropyridines is 1. The average Bonchev–Trinajstić information content (AvgIpc) is 3.28. The molecule has 8 heteroatoms. The van der Waals surface area contributed by atoms with Gasteiger partial charge in [0.25, 0.3) is 0 Å². The molecule has 164 valence electrons. The van der Waals surface area contributed by atoms with Crippen LogP contribution in [0.25, 0.3) is 5.69 Å². The van der Waals surface area contributed by atoms with E-state index in [1.54, 1.807) is 31.2 Å². The molecule has 1 aromatic carbocycles. The molecule has 1 aliphatic rings. The molecule has 7 nitrogen and oxygen atoms in total. The molecular formula is C23H27N3O4S. The van der Waals surface area contributed by atoms with E-state index in [1.165, 1.54) is 7.11 Å². The summed E-state index contributed by atoms with van der Waals surface area (Å²) in [5, 5.41) is 3.09. The average molecular weight is 442 g/mol. The molecule has 0 aliphatic carbocycles. The summed E-state index contributed by atoms with van der Waals surface area (Å²) < 4.78 is 12.3. The lowest BCUT2D eigenvalue weighted by atomic mass is 9.87. The molecule has 0 bridgehead atoms. The molecule has 1 N–H and O–H groups in total. The number of esters is 2. The first kappa shape index (κ1) is 22.7. The number of nitrogens with one attached hydrogen (secondary N) is 1. The Morgan fingerprint density at radius 1 is 1.13 bits per heavy atom. The number of rotatable bonds is 8. The number of hydrogen-bond acceptors (Lipinski definition) is 7. The number of nitrogens with zero attached hydrogens (tertiary/aromatic N) is 2. The van der Waals surface area contributed by atoms with Crippen LogP contribution in [0.15, 0.2) is 70.4 Å². The Morgan fingerprint density at radius 2 is 1.81 bits per heavy atom. The van der Waals surface area contributed by atoms with Gasteiger partial charge < -0.3 is 19.4 Å². The van der Waals surface area contributed by atoms with E-state index in [4.69, 9.17) is 9.47 Å². The van der Waals surface area contributed by atoms with Crippen molar-refractivity contribution in [1.29, 1.82) is 0 Å². The van der Waals surface area contributed by atoms with Crippen LogP contribution in [0.5, 0.6) is 0 Å². The second-order valence-corrected chi connectivity index (χ2v) is 8.39. The Balaban J connectivity index is 1.47. The molecule has 0 saturated carbocycles. The minimum Gasteiger partial charge on any atom is -0.466 e. The lowest BCUT2D eigenvalue weighted by Gasteiger charge is -2.27. The molecule has 31 heavy (non-hydrogen) atoms. The monoisotopic (exact) mass is 441 g/mol. The number of benzene rings is 1. The second kappa shape index (κ2) is 10.3. The van der Waals surface area contributed by atoms with Crippen LogP contribution >= 0.6 is 11.8 Å². The predicted octanol–water partition coefficient (Wildman–Crippen LogP) is 3.86. The number of thioether (sulfide) groups is 1. The number of hydrogen-bond donors (Lipinski definition) is 1. The minimum atomic E-state index is -0.439. The third kappa shape index (κ3) is 5.38. The van der Waals surface area contributed by atoms with Gasteiger partial charge in [-0.05, 0) is 44.5 Å². The maximum Gasteiger partial charge on any atom is 0.336 e. The van der Waals surface area contributed by atoms with Crippen LogP contribution < -0.4 is 5.32 Å². The topological polar surface area (TPSA) is 82.5 Å². The zero-order valence-electron chi connectivity index (χ0n) is 18.2. The molecule has 3 rings (SSSR count). The molecule has 1 unspecified atom stereocenters. The fourth-order valence-corrected chi connectivity index (χ4v) is 4.42. The van der Waals surface area contributed by atoms with E-state index >= 15 is 0 Å². The van der Waals surface area contributed by atoms with Crippen molar-refractivity contribution in [3.63, 3.8) is 0 Å². The van der Waals surface area contributed by atoms with Gasteiger partial charge in [-0.15, -0.1) is 11.8 Å². The molecule has 0 saturated heterocycles. The van der Waals surface area contributed by atoms with E-state index in [2.05, 4.69) is 22.4 Å². The largest absolute Gasteiger partial charge is 0.466 e. The lowest BCUT2D eigenvalue weighted by Crippen LogP contribution is -2.32. The number of methoxy groups -OCH3 is 1. The van der Waals surface area contributed by atoms with Crippen LogP contribution in [0, 0.1) is 5.92 Å². The van der Waals surface area contributed by atoms with Crippen LogP contribution in [-0.2, 0) is 19.1 Å². The maximum atomic E-state index is 12.7. The third-order valence-corrected chi connectivity index (χ3v) is 6.20. The van der Waals surface area contributed by atoms with Gasteiger partial charge >= 0.3 is 11.9 Å². The molecule has 0 spiro atoms. The Bertz CT molecular complexity index is 994. The highest BCUT2D eigenvalue weighted by molar-refractivity contribution is 7.99. The fourth-order valence-electron chi connectivity index (χ4n) is 3.60. The van der Waals surface area contributed by atoms with E-state index in [0.29, 0.717) is 29.1 Å². The maximum absolute atomic E-state index is 12.7. The molecule has 1 aromatic heterocycles. The fraction of sp³-hybridized carbons (Fsp3) is 0.348. The molecule has 2 aromatic rings. The van der Waals surface area contributed by atoms with Gasteiger partial charge in [0.2, 0.25) is 0 Å². The Labute approximate surface area is 186 Å². The van der Waals surface area contributed by atoms with Crippen molar-refractivity contribution in [1.82, 2.24) is 14.9 Å². The summed E-state index contributed by atoms with van der Waals surface area (Å²) in [7, 11) is 1.33. The van der Waals surface area contributed by atoms with E-state index in [-0.39, 0.29) is 5.92 Å². The van der Waals surface area contributed by atoms with Gasteiger partial charge in [0.05, 0.1) is 31.2 Å². The van der Waals surface area contributed by atoms with Crippen LogP contribution in [0.1, 0.15) is 27.2 Å². The lowest BCUT2D eigenvalue weighted by molar-refractivity contribution is -0.139. The Kier molecular flexibility index (Phi) is 7.57. The summed E-state index contributed by atoms with van der Waals surface area (Å²) in [6, 6.07) is 8.23. The minimum absolute atomic E-state index is 0.318.